The van der Waals surface area contributed by atoms with Gasteiger partial charge in [-0.2, -0.15) is 0 Å². The fourth-order valence-electron chi connectivity index (χ4n) is 2.40. The normalized spacial score (nSPS) is 15.1. The Morgan fingerprint density at radius 1 is 1.12 bits per heavy atom. The summed E-state index contributed by atoms with van der Waals surface area (Å²) in [6, 6.07) is 11.7. The minimum Gasteiger partial charge on any atom is -0.363 e. The zero-order chi connectivity index (χ0) is 16.9. The van der Waals surface area contributed by atoms with Gasteiger partial charge in [-0.25, -0.2) is 4.98 Å². The summed E-state index contributed by atoms with van der Waals surface area (Å²) in [5, 5.41) is 2.89. The SMILES string of the molecule is CN(C)c1ccc(NC(=O)c2ccc(C3SCCCS3)cc2)cn1. The molecule has 24 heavy (non-hydrogen) atoms. The average molecular weight is 360 g/mol. The maximum Gasteiger partial charge on any atom is 0.255 e. The van der Waals surface area contributed by atoms with Crippen molar-refractivity contribution in [3.8, 4) is 0 Å². The van der Waals surface area contributed by atoms with Gasteiger partial charge in [0.25, 0.3) is 5.91 Å². The van der Waals surface area contributed by atoms with Gasteiger partial charge in [0.1, 0.15) is 5.82 Å². The molecule has 4 nitrogen and oxygen atoms in total. The number of nitrogens with zero attached hydrogens (tertiary/aromatic N) is 2. The number of carbonyl (C=O) groups is 1. The van der Waals surface area contributed by atoms with Crippen LogP contribution in [0.1, 0.15) is 26.9 Å². The van der Waals surface area contributed by atoms with Crippen LogP contribution in [0.3, 0.4) is 0 Å². The van der Waals surface area contributed by atoms with E-state index in [1.54, 1.807) is 6.20 Å². The van der Waals surface area contributed by atoms with Crippen molar-refractivity contribution < 1.29 is 4.79 Å². The summed E-state index contributed by atoms with van der Waals surface area (Å²) in [5.74, 6) is 3.19. The lowest BCUT2D eigenvalue weighted by molar-refractivity contribution is 0.102. The number of aromatic nitrogens is 1. The zero-order valence-corrected chi connectivity index (χ0v) is 15.5. The second-order valence-corrected chi connectivity index (χ2v) is 8.53. The van der Waals surface area contributed by atoms with Gasteiger partial charge in [-0.3, -0.25) is 4.79 Å². The quantitative estimate of drug-likeness (QED) is 0.883. The molecule has 1 amide bonds. The van der Waals surface area contributed by atoms with Crippen molar-refractivity contribution in [3.63, 3.8) is 0 Å². The van der Waals surface area contributed by atoms with Gasteiger partial charge in [0.2, 0.25) is 0 Å². The van der Waals surface area contributed by atoms with Crippen LogP contribution in [0.4, 0.5) is 11.5 Å². The molecule has 1 aliphatic rings. The van der Waals surface area contributed by atoms with E-state index in [1.165, 1.54) is 23.5 Å². The van der Waals surface area contributed by atoms with Gasteiger partial charge in [0, 0.05) is 19.7 Å². The first-order chi connectivity index (χ1) is 11.6. The second kappa shape index (κ2) is 7.94. The lowest BCUT2D eigenvalue weighted by Crippen LogP contribution is -2.13. The fourth-order valence-corrected chi connectivity index (χ4v) is 5.29. The van der Waals surface area contributed by atoms with E-state index in [-0.39, 0.29) is 5.91 Å². The van der Waals surface area contributed by atoms with Gasteiger partial charge in [-0.1, -0.05) is 12.1 Å². The van der Waals surface area contributed by atoms with Crippen LogP contribution < -0.4 is 10.2 Å². The van der Waals surface area contributed by atoms with Crippen LogP contribution in [-0.2, 0) is 0 Å². The first-order valence-electron chi connectivity index (χ1n) is 7.91. The van der Waals surface area contributed by atoms with Crippen molar-refractivity contribution in [2.24, 2.45) is 0 Å². The Labute approximate surface area is 151 Å². The molecule has 1 aliphatic heterocycles. The van der Waals surface area contributed by atoms with Crippen LogP contribution in [0.5, 0.6) is 0 Å². The molecule has 0 aliphatic carbocycles. The standard InChI is InChI=1S/C18H21N3OS2/c1-21(2)16-9-8-15(12-19-16)20-17(22)13-4-6-14(7-5-13)18-23-10-3-11-24-18/h4-9,12,18H,3,10-11H2,1-2H3,(H,20,22). The molecule has 1 aromatic carbocycles. The topological polar surface area (TPSA) is 45.2 Å². The van der Waals surface area contributed by atoms with E-state index in [2.05, 4.69) is 22.4 Å². The summed E-state index contributed by atoms with van der Waals surface area (Å²) >= 11 is 3.97. The van der Waals surface area contributed by atoms with E-state index < -0.39 is 0 Å². The summed E-state index contributed by atoms with van der Waals surface area (Å²) < 4.78 is 0.499. The molecule has 1 fully saturated rings. The molecule has 126 valence electrons. The highest BCUT2D eigenvalue weighted by Crippen LogP contribution is 2.43. The van der Waals surface area contributed by atoms with Gasteiger partial charge in [-0.15, -0.1) is 23.5 Å². The van der Waals surface area contributed by atoms with Gasteiger partial charge in [0.15, 0.2) is 0 Å². The Hall–Kier alpha value is -1.66. The highest BCUT2D eigenvalue weighted by Gasteiger charge is 2.17. The predicted octanol–water partition coefficient (Wildman–Crippen LogP) is 4.27. The molecule has 0 bridgehead atoms. The molecule has 2 heterocycles. The summed E-state index contributed by atoms with van der Waals surface area (Å²) in [4.78, 5) is 18.6. The van der Waals surface area contributed by atoms with Crippen molar-refractivity contribution in [3.05, 3.63) is 53.7 Å². The van der Waals surface area contributed by atoms with E-state index >= 15 is 0 Å². The highest BCUT2D eigenvalue weighted by atomic mass is 32.2. The zero-order valence-electron chi connectivity index (χ0n) is 13.9. The Bertz CT molecular complexity index is 680. The third-order valence-electron chi connectivity index (χ3n) is 3.74. The summed E-state index contributed by atoms with van der Waals surface area (Å²) in [6.45, 7) is 0. The third-order valence-corrected chi connectivity index (χ3v) is 6.75. The number of rotatable bonds is 4. The van der Waals surface area contributed by atoms with Crippen LogP contribution in [0.25, 0.3) is 0 Å². The fraction of sp³-hybridized carbons (Fsp3) is 0.333. The van der Waals surface area contributed by atoms with Crippen molar-refractivity contribution in [1.82, 2.24) is 4.98 Å². The molecule has 3 rings (SSSR count). The number of anilines is 2. The maximum atomic E-state index is 12.4. The number of hydrogen-bond acceptors (Lipinski definition) is 5. The Morgan fingerprint density at radius 2 is 1.83 bits per heavy atom. The van der Waals surface area contributed by atoms with Gasteiger partial charge in [0.05, 0.1) is 16.5 Å². The smallest absolute Gasteiger partial charge is 0.255 e. The second-order valence-electron chi connectivity index (χ2n) is 5.80. The molecule has 6 heteroatoms. The molecule has 1 aromatic heterocycles. The Kier molecular flexibility index (Phi) is 5.68. The van der Waals surface area contributed by atoms with E-state index in [1.807, 2.05) is 66.8 Å². The summed E-state index contributed by atoms with van der Waals surface area (Å²) in [7, 11) is 3.87. The first-order valence-corrected chi connectivity index (χ1v) is 10.0. The third kappa shape index (κ3) is 4.24. The molecular formula is C18H21N3OS2. The molecule has 1 saturated heterocycles. The van der Waals surface area contributed by atoms with Crippen LogP contribution in [0.15, 0.2) is 42.6 Å². The van der Waals surface area contributed by atoms with E-state index in [0.717, 1.165) is 5.82 Å². The maximum absolute atomic E-state index is 12.4. The highest BCUT2D eigenvalue weighted by molar-refractivity contribution is 8.16. The van der Waals surface area contributed by atoms with Gasteiger partial charge < -0.3 is 10.2 Å². The molecule has 0 saturated carbocycles. The van der Waals surface area contributed by atoms with Crippen LogP contribution in [0, 0.1) is 0 Å². The van der Waals surface area contributed by atoms with Crippen LogP contribution >= 0.6 is 23.5 Å². The number of pyridine rings is 1. The minimum atomic E-state index is -0.107. The number of thioether (sulfide) groups is 2. The average Bonchev–Trinajstić information content (AvgIpc) is 2.63. The van der Waals surface area contributed by atoms with Crippen molar-refractivity contribution >= 4 is 40.9 Å². The van der Waals surface area contributed by atoms with Gasteiger partial charge in [-0.05, 0) is 47.8 Å². The van der Waals surface area contributed by atoms with E-state index in [9.17, 15) is 4.79 Å². The molecular weight excluding hydrogens is 338 g/mol. The van der Waals surface area contributed by atoms with Crippen LogP contribution in [0.2, 0.25) is 0 Å². The number of carbonyl (C=O) groups excluding carboxylic acids is 1. The minimum absolute atomic E-state index is 0.107. The Balaban J connectivity index is 1.64. The molecule has 0 spiro atoms. The van der Waals surface area contributed by atoms with Crippen LogP contribution in [-0.4, -0.2) is 36.5 Å². The first kappa shape index (κ1) is 17.2. The van der Waals surface area contributed by atoms with E-state index in [4.69, 9.17) is 0 Å². The Morgan fingerprint density at radius 3 is 2.42 bits per heavy atom. The summed E-state index contributed by atoms with van der Waals surface area (Å²) in [6.07, 6.45) is 2.96. The lowest BCUT2D eigenvalue weighted by Gasteiger charge is -2.21. The van der Waals surface area contributed by atoms with Crippen molar-refractivity contribution in [1.29, 1.82) is 0 Å². The number of hydrogen-bond donors (Lipinski definition) is 1. The van der Waals surface area contributed by atoms with E-state index in [0.29, 0.717) is 15.8 Å². The van der Waals surface area contributed by atoms with Crippen molar-refractivity contribution in [2.45, 2.75) is 11.0 Å². The number of amides is 1. The largest absolute Gasteiger partial charge is 0.363 e. The molecule has 1 N–H and O–H groups in total. The predicted molar refractivity (Wildman–Crippen MR) is 105 cm³/mol. The molecule has 2 aromatic rings. The number of nitrogens with one attached hydrogen (secondary N) is 1. The molecule has 0 atom stereocenters. The lowest BCUT2D eigenvalue weighted by atomic mass is 10.1. The van der Waals surface area contributed by atoms with Crippen molar-refractivity contribution in [2.75, 3.05) is 35.8 Å². The number of benzene rings is 1. The monoisotopic (exact) mass is 359 g/mol. The molecule has 0 radical (unpaired) electrons. The molecule has 0 unspecified atom stereocenters. The summed E-state index contributed by atoms with van der Waals surface area (Å²) in [5.41, 5.74) is 2.66. The van der Waals surface area contributed by atoms with Gasteiger partial charge >= 0.3 is 0 Å².